The zero-order chi connectivity index (χ0) is 21.4. The molecule has 0 unspecified atom stereocenters. The first-order valence-electron chi connectivity index (χ1n) is 9.22. The molecule has 0 fully saturated rings. The molecular formula is C21H23Cl2FN2O3. The van der Waals surface area contributed by atoms with Crippen LogP contribution in [0.4, 0.5) is 4.39 Å². The van der Waals surface area contributed by atoms with Gasteiger partial charge in [0.15, 0.2) is 18.2 Å². The molecule has 0 saturated carbocycles. The second kappa shape index (κ2) is 11.0. The minimum Gasteiger partial charge on any atom is -0.481 e. The summed E-state index contributed by atoms with van der Waals surface area (Å²) in [6, 6.07) is 9.99. The molecule has 156 valence electrons. The number of carbonyl (C=O) groups is 2. The van der Waals surface area contributed by atoms with Crippen LogP contribution >= 0.6 is 23.2 Å². The Morgan fingerprint density at radius 2 is 1.79 bits per heavy atom. The number of carbonyl (C=O) groups excluding carboxylic acids is 2. The lowest BCUT2D eigenvalue weighted by molar-refractivity contribution is -0.142. The molecular weight excluding hydrogens is 418 g/mol. The first kappa shape index (κ1) is 23.0. The van der Waals surface area contributed by atoms with Crippen molar-refractivity contribution in [2.45, 2.75) is 32.9 Å². The fourth-order valence-electron chi connectivity index (χ4n) is 2.62. The number of nitrogens with one attached hydrogen (secondary N) is 1. The molecule has 0 bridgehead atoms. The Morgan fingerprint density at radius 1 is 1.14 bits per heavy atom. The molecule has 8 heteroatoms. The molecule has 0 aliphatic carbocycles. The topological polar surface area (TPSA) is 58.6 Å². The third-order valence-corrected chi connectivity index (χ3v) is 5.00. The van der Waals surface area contributed by atoms with E-state index in [1.807, 2.05) is 6.92 Å². The van der Waals surface area contributed by atoms with Gasteiger partial charge in [0.25, 0.3) is 5.91 Å². The minimum absolute atomic E-state index is 0.0126. The van der Waals surface area contributed by atoms with E-state index in [-0.39, 0.29) is 18.2 Å². The maximum Gasteiger partial charge on any atom is 0.261 e. The molecule has 2 aromatic rings. The lowest BCUT2D eigenvalue weighted by Crippen LogP contribution is -2.49. The standard InChI is InChI=1S/C21H23Cl2FN2O3/c1-3-11-25-21(28)14(2)26(12-15-16(22)7-6-8-17(15)23)20(27)13-29-19-10-5-4-9-18(19)24/h4-10,14H,3,11-13H2,1-2H3,(H,25,28)/t14-/m0/s1. The highest BCUT2D eigenvalue weighted by Crippen LogP contribution is 2.26. The van der Waals surface area contributed by atoms with E-state index in [9.17, 15) is 14.0 Å². The summed E-state index contributed by atoms with van der Waals surface area (Å²) in [6.07, 6.45) is 0.763. The summed E-state index contributed by atoms with van der Waals surface area (Å²) in [5.41, 5.74) is 0.519. The van der Waals surface area contributed by atoms with Crippen molar-refractivity contribution in [3.63, 3.8) is 0 Å². The average molecular weight is 441 g/mol. The molecule has 2 aromatic carbocycles. The van der Waals surface area contributed by atoms with Gasteiger partial charge in [-0.15, -0.1) is 0 Å². The van der Waals surface area contributed by atoms with Crippen LogP contribution in [-0.4, -0.2) is 35.9 Å². The van der Waals surface area contributed by atoms with Crippen molar-refractivity contribution in [1.29, 1.82) is 0 Å². The van der Waals surface area contributed by atoms with Gasteiger partial charge < -0.3 is 15.0 Å². The van der Waals surface area contributed by atoms with Crippen LogP contribution < -0.4 is 10.1 Å². The average Bonchev–Trinajstić information content (AvgIpc) is 2.70. The van der Waals surface area contributed by atoms with E-state index in [2.05, 4.69) is 5.32 Å². The zero-order valence-electron chi connectivity index (χ0n) is 16.3. The molecule has 0 radical (unpaired) electrons. The maximum absolute atomic E-state index is 13.8. The predicted octanol–water partition coefficient (Wildman–Crippen LogP) is 4.45. The summed E-state index contributed by atoms with van der Waals surface area (Å²) in [6.45, 7) is 3.60. The summed E-state index contributed by atoms with van der Waals surface area (Å²) in [4.78, 5) is 26.7. The van der Waals surface area contributed by atoms with E-state index in [4.69, 9.17) is 27.9 Å². The number of hydrogen-bond donors (Lipinski definition) is 1. The third kappa shape index (κ3) is 6.34. The highest BCUT2D eigenvalue weighted by Gasteiger charge is 2.27. The molecule has 0 spiro atoms. The third-order valence-electron chi connectivity index (χ3n) is 4.29. The Morgan fingerprint density at radius 3 is 2.41 bits per heavy atom. The normalized spacial score (nSPS) is 11.6. The molecule has 1 N–H and O–H groups in total. The number of para-hydroxylation sites is 1. The highest BCUT2D eigenvalue weighted by atomic mass is 35.5. The van der Waals surface area contributed by atoms with Crippen LogP contribution in [0.2, 0.25) is 10.0 Å². The SMILES string of the molecule is CCCNC(=O)[C@H](C)N(Cc1c(Cl)cccc1Cl)C(=O)COc1ccccc1F. The number of rotatable bonds is 9. The quantitative estimate of drug-likeness (QED) is 0.626. The fourth-order valence-corrected chi connectivity index (χ4v) is 3.13. The largest absolute Gasteiger partial charge is 0.481 e. The van der Waals surface area contributed by atoms with Crippen LogP contribution in [0.25, 0.3) is 0 Å². The molecule has 5 nitrogen and oxygen atoms in total. The number of halogens is 3. The Hall–Kier alpha value is -2.31. The number of amides is 2. The summed E-state index contributed by atoms with van der Waals surface area (Å²) < 4.78 is 19.1. The molecule has 2 rings (SSSR count). The lowest BCUT2D eigenvalue weighted by Gasteiger charge is -2.29. The van der Waals surface area contributed by atoms with Gasteiger partial charge in [-0.25, -0.2) is 4.39 Å². The Kier molecular flexibility index (Phi) is 8.73. The summed E-state index contributed by atoms with van der Waals surface area (Å²) in [7, 11) is 0. The van der Waals surface area contributed by atoms with Crippen LogP contribution in [0, 0.1) is 5.82 Å². The number of nitrogens with zero attached hydrogens (tertiary/aromatic N) is 1. The maximum atomic E-state index is 13.8. The smallest absolute Gasteiger partial charge is 0.261 e. The van der Waals surface area contributed by atoms with Gasteiger partial charge in [0, 0.05) is 28.7 Å². The Balaban J connectivity index is 2.22. The molecule has 0 aromatic heterocycles. The van der Waals surface area contributed by atoms with Gasteiger partial charge in [-0.1, -0.05) is 48.3 Å². The second-order valence-corrected chi connectivity index (χ2v) is 7.22. The van der Waals surface area contributed by atoms with E-state index in [0.29, 0.717) is 22.2 Å². The van der Waals surface area contributed by atoms with Crippen molar-refractivity contribution in [1.82, 2.24) is 10.2 Å². The first-order valence-corrected chi connectivity index (χ1v) is 9.98. The molecule has 2 amide bonds. The van der Waals surface area contributed by atoms with E-state index in [0.717, 1.165) is 6.42 Å². The van der Waals surface area contributed by atoms with Gasteiger partial charge in [-0.05, 0) is 37.6 Å². The van der Waals surface area contributed by atoms with E-state index in [1.165, 1.54) is 23.1 Å². The second-order valence-electron chi connectivity index (χ2n) is 6.41. The van der Waals surface area contributed by atoms with Crippen LogP contribution in [0.1, 0.15) is 25.8 Å². The van der Waals surface area contributed by atoms with Crippen molar-refractivity contribution in [3.05, 3.63) is 63.9 Å². The Labute approximate surface area is 179 Å². The highest BCUT2D eigenvalue weighted by molar-refractivity contribution is 6.36. The van der Waals surface area contributed by atoms with Crippen LogP contribution in [0.5, 0.6) is 5.75 Å². The molecule has 0 saturated heterocycles. The van der Waals surface area contributed by atoms with Crippen molar-refractivity contribution in [2.75, 3.05) is 13.2 Å². The molecule has 0 aliphatic heterocycles. The number of hydrogen-bond acceptors (Lipinski definition) is 3. The van der Waals surface area contributed by atoms with Gasteiger partial charge in [-0.3, -0.25) is 9.59 Å². The van der Waals surface area contributed by atoms with Crippen LogP contribution in [-0.2, 0) is 16.1 Å². The van der Waals surface area contributed by atoms with Crippen LogP contribution in [0.15, 0.2) is 42.5 Å². The summed E-state index contributed by atoms with van der Waals surface area (Å²) in [5.74, 6) is -1.42. The molecule has 0 heterocycles. The zero-order valence-corrected chi connectivity index (χ0v) is 17.8. The van der Waals surface area contributed by atoms with Crippen molar-refractivity contribution in [3.8, 4) is 5.75 Å². The van der Waals surface area contributed by atoms with Gasteiger partial charge in [0.05, 0.1) is 0 Å². The van der Waals surface area contributed by atoms with Gasteiger partial charge >= 0.3 is 0 Å². The summed E-state index contributed by atoms with van der Waals surface area (Å²) >= 11 is 12.5. The van der Waals surface area contributed by atoms with E-state index < -0.39 is 24.4 Å². The molecule has 0 aliphatic rings. The first-order chi connectivity index (χ1) is 13.8. The Bertz CT molecular complexity index is 843. The van der Waals surface area contributed by atoms with Gasteiger partial charge in [0.1, 0.15) is 6.04 Å². The van der Waals surface area contributed by atoms with Crippen LogP contribution in [0.3, 0.4) is 0 Å². The molecule has 1 atom stereocenters. The minimum atomic E-state index is -0.800. The van der Waals surface area contributed by atoms with Crippen molar-refractivity contribution >= 4 is 35.0 Å². The number of benzene rings is 2. The monoisotopic (exact) mass is 440 g/mol. The van der Waals surface area contributed by atoms with Gasteiger partial charge in [-0.2, -0.15) is 0 Å². The number of ether oxygens (including phenoxy) is 1. The van der Waals surface area contributed by atoms with Crippen molar-refractivity contribution < 1.29 is 18.7 Å². The fraction of sp³-hybridized carbons (Fsp3) is 0.333. The van der Waals surface area contributed by atoms with E-state index in [1.54, 1.807) is 31.2 Å². The summed E-state index contributed by atoms with van der Waals surface area (Å²) in [5, 5.41) is 3.53. The molecule has 29 heavy (non-hydrogen) atoms. The van der Waals surface area contributed by atoms with Crippen molar-refractivity contribution in [2.24, 2.45) is 0 Å². The lowest BCUT2D eigenvalue weighted by atomic mass is 10.1. The van der Waals surface area contributed by atoms with E-state index >= 15 is 0 Å². The predicted molar refractivity (Wildman–Crippen MR) is 112 cm³/mol. The van der Waals surface area contributed by atoms with Gasteiger partial charge in [0.2, 0.25) is 5.91 Å².